The summed E-state index contributed by atoms with van der Waals surface area (Å²) in [5.74, 6) is 0. The third kappa shape index (κ3) is 6.10. The number of rotatable bonds is 6. The largest absolute Gasteiger partial charge is 0.0622 e. The van der Waals surface area contributed by atoms with Crippen LogP contribution in [0.5, 0.6) is 0 Å². The summed E-state index contributed by atoms with van der Waals surface area (Å²) >= 11 is 0. The SMILES string of the molecule is CC(/C=C\c1ccccc1/C=C/C(C)=C/c1ccccc1)=C\c1ccccc1. The molecule has 138 valence electrons. The number of hydrogen-bond acceptors (Lipinski definition) is 0. The molecule has 0 amide bonds. The molecule has 3 aromatic carbocycles. The van der Waals surface area contributed by atoms with Gasteiger partial charge in [-0.05, 0) is 36.1 Å². The lowest BCUT2D eigenvalue weighted by molar-refractivity contribution is 1.53. The summed E-state index contributed by atoms with van der Waals surface area (Å²) in [6.45, 7) is 4.27. The zero-order valence-corrected chi connectivity index (χ0v) is 16.5. The molecule has 0 heteroatoms. The summed E-state index contributed by atoms with van der Waals surface area (Å²) in [5, 5.41) is 0. The Kier molecular flexibility index (Phi) is 6.98. The predicted octanol–water partition coefficient (Wildman–Crippen LogP) is 7.92. The first-order valence-corrected chi connectivity index (χ1v) is 9.62. The van der Waals surface area contributed by atoms with Crippen molar-refractivity contribution in [1.29, 1.82) is 0 Å². The molecule has 0 bridgehead atoms. The third-order valence-corrected chi connectivity index (χ3v) is 4.44. The van der Waals surface area contributed by atoms with E-state index in [4.69, 9.17) is 0 Å². The number of hydrogen-bond donors (Lipinski definition) is 0. The first-order valence-electron chi connectivity index (χ1n) is 9.62. The molecule has 0 aliphatic carbocycles. The predicted molar refractivity (Wildman–Crippen MR) is 125 cm³/mol. The number of allylic oxidation sites excluding steroid dienone is 4. The van der Waals surface area contributed by atoms with E-state index in [9.17, 15) is 0 Å². The second-order valence-electron chi connectivity index (χ2n) is 6.89. The van der Waals surface area contributed by atoms with Crippen LogP contribution in [-0.2, 0) is 0 Å². The summed E-state index contributed by atoms with van der Waals surface area (Å²) in [7, 11) is 0. The van der Waals surface area contributed by atoms with Crippen molar-refractivity contribution >= 4 is 24.3 Å². The molecular weight excluding hydrogens is 336 g/mol. The highest BCUT2D eigenvalue weighted by atomic mass is 14.0. The lowest BCUT2D eigenvalue weighted by atomic mass is 10.0. The van der Waals surface area contributed by atoms with E-state index in [0.29, 0.717) is 0 Å². The van der Waals surface area contributed by atoms with Crippen LogP contribution in [0.4, 0.5) is 0 Å². The van der Waals surface area contributed by atoms with E-state index in [0.717, 1.165) is 0 Å². The Morgan fingerprint density at radius 3 is 1.25 bits per heavy atom. The molecule has 0 nitrogen and oxygen atoms in total. The molecule has 0 saturated heterocycles. The van der Waals surface area contributed by atoms with Crippen LogP contribution in [0, 0.1) is 0 Å². The van der Waals surface area contributed by atoms with Crippen LogP contribution in [0.2, 0.25) is 0 Å². The molecule has 0 spiro atoms. The Labute approximate surface area is 168 Å². The summed E-state index contributed by atoms with van der Waals surface area (Å²) in [6, 6.07) is 29.3. The second kappa shape index (κ2) is 10.1. The highest BCUT2D eigenvalue weighted by molar-refractivity contribution is 5.70. The van der Waals surface area contributed by atoms with Gasteiger partial charge in [0.25, 0.3) is 0 Å². The minimum absolute atomic E-state index is 1.21. The van der Waals surface area contributed by atoms with Crippen LogP contribution < -0.4 is 0 Å². The first-order chi connectivity index (χ1) is 13.7. The van der Waals surface area contributed by atoms with Crippen LogP contribution in [-0.4, -0.2) is 0 Å². The van der Waals surface area contributed by atoms with E-state index >= 15 is 0 Å². The van der Waals surface area contributed by atoms with Gasteiger partial charge in [-0.2, -0.15) is 0 Å². The van der Waals surface area contributed by atoms with Crippen LogP contribution in [0.1, 0.15) is 36.1 Å². The fourth-order valence-corrected chi connectivity index (χ4v) is 2.98. The van der Waals surface area contributed by atoms with Crippen LogP contribution in [0.15, 0.2) is 108 Å². The van der Waals surface area contributed by atoms with E-state index in [1.807, 2.05) is 12.1 Å². The molecule has 3 rings (SSSR count). The molecule has 0 heterocycles. The van der Waals surface area contributed by atoms with Crippen molar-refractivity contribution in [3.63, 3.8) is 0 Å². The standard InChI is InChI=1S/C28H26/c1-23(21-25-11-5-3-6-12-25)17-19-27-15-9-10-16-28(27)20-18-24(2)22-26-13-7-4-8-14-26/h3-22H,1-2H3/b19-17-,20-18+,23-21+,24-22+. The molecular formula is C28H26. The molecule has 3 aromatic rings. The van der Waals surface area contributed by atoms with Crippen LogP contribution >= 0.6 is 0 Å². The fourth-order valence-electron chi connectivity index (χ4n) is 2.98. The Balaban J connectivity index is 1.76. The van der Waals surface area contributed by atoms with E-state index in [2.05, 4.69) is 123 Å². The molecule has 0 atom stereocenters. The van der Waals surface area contributed by atoms with E-state index in [-0.39, 0.29) is 0 Å². The van der Waals surface area contributed by atoms with E-state index in [1.165, 1.54) is 33.4 Å². The van der Waals surface area contributed by atoms with Gasteiger partial charge in [0.2, 0.25) is 0 Å². The zero-order valence-electron chi connectivity index (χ0n) is 16.5. The Hall–Kier alpha value is -3.38. The van der Waals surface area contributed by atoms with Gasteiger partial charge in [-0.1, -0.05) is 133 Å². The maximum absolute atomic E-state index is 2.20. The highest BCUT2D eigenvalue weighted by Crippen LogP contribution is 2.17. The van der Waals surface area contributed by atoms with Gasteiger partial charge in [-0.3, -0.25) is 0 Å². The van der Waals surface area contributed by atoms with Gasteiger partial charge in [0.1, 0.15) is 0 Å². The second-order valence-corrected chi connectivity index (χ2v) is 6.89. The Bertz CT molecular complexity index is 916. The fraction of sp³-hybridized carbons (Fsp3) is 0.0714. The summed E-state index contributed by atoms with van der Waals surface area (Å²) in [4.78, 5) is 0. The van der Waals surface area contributed by atoms with Gasteiger partial charge >= 0.3 is 0 Å². The maximum atomic E-state index is 2.20. The molecule has 0 fully saturated rings. The molecule has 28 heavy (non-hydrogen) atoms. The highest BCUT2D eigenvalue weighted by Gasteiger charge is 1.95. The molecule has 0 N–H and O–H groups in total. The van der Waals surface area contributed by atoms with Gasteiger partial charge in [-0.25, -0.2) is 0 Å². The maximum Gasteiger partial charge on any atom is -0.0184 e. The third-order valence-electron chi connectivity index (χ3n) is 4.44. The molecule has 0 aliphatic rings. The van der Waals surface area contributed by atoms with Crippen molar-refractivity contribution in [1.82, 2.24) is 0 Å². The average molecular weight is 363 g/mol. The molecule has 0 radical (unpaired) electrons. The van der Waals surface area contributed by atoms with Crippen molar-refractivity contribution in [3.05, 3.63) is 130 Å². The van der Waals surface area contributed by atoms with Crippen LogP contribution in [0.3, 0.4) is 0 Å². The minimum Gasteiger partial charge on any atom is -0.0622 e. The van der Waals surface area contributed by atoms with Gasteiger partial charge in [0, 0.05) is 0 Å². The zero-order chi connectivity index (χ0) is 19.6. The summed E-state index contributed by atoms with van der Waals surface area (Å²) in [6.07, 6.45) is 13.1. The van der Waals surface area contributed by atoms with Gasteiger partial charge in [-0.15, -0.1) is 0 Å². The Morgan fingerprint density at radius 1 is 0.500 bits per heavy atom. The minimum atomic E-state index is 1.21. The van der Waals surface area contributed by atoms with E-state index < -0.39 is 0 Å². The molecule has 0 aliphatic heterocycles. The van der Waals surface area contributed by atoms with Crippen LogP contribution in [0.25, 0.3) is 24.3 Å². The average Bonchev–Trinajstić information content (AvgIpc) is 2.73. The quantitative estimate of drug-likeness (QED) is 0.391. The monoisotopic (exact) mass is 362 g/mol. The summed E-state index contributed by atoms with van der Waals surface area (Å²) in [5.41, 5.74) is 7.33. The molecule has 0 unspecified atom stereocenters. The number of benzene rings is 3. The van der Waals surface area contributed by atoms with E-state index in [1.54, 1.807) is 0 Å². The van der Waals surface area contributed by atoms with Crippen molar-refractivity contribution < 1.29 is 0 Å². The Morgan fingerprint density at radius 2 is 0.857 bits per heavy atom. The normalized spacial score (nSPS) is 12.8. The van der Waals surface area contributed by atoms with Crippen molar-refractivity contribution in [3.8, 4) is 0 Å². The van der Waals surface area contributed by atoms with Crippen molar-refractivity contribution in [2.75, 3.05) is 0 Å². The summed E-state index contributed by atoms with van der Waals surface area (Å²) < 4.78 is 0. The van der Waals surface area contributed by atoms with Gasteiger partial charge in [0.05, 0.1) is 0 Å². The lowest BCUT2D eigenvalue weighted by Gasteiger charge is -2.02. The van der Waals surface area contributed by atoms with Gasteiger partial charge < -0.3 is 0 Å². The lowest BCUT2D eigenvalue weighted by Crippen LogP contribution is -1.81. The first kappa shape index (κ1) is 19.4. The van der Waals surface area contributed by atoms with Gasteiger partial charge in [0.15, 0.2) is 0 Å². The molecule has 0 saturated carbocycles. The topological polar surface area (TPSA) is 0 Å². The molecule has 0 aromatic heterocycles. The smallest absolute Gasteiger partial charge is 0.0184 e. The van der Waals surface area contributed by atoms with Crippen molar-refractivity contribution in [2.24, 2.45) is 0 Å². The van der Waals surface area contributed by atoms with Crippen molar-refractivity contribution in [2.45, 2.75) is 13.8 Å².